The summed E-state index contributed by atoms with van der Waals surface area (Å²) in [5.74, 6) is -1.83. The normalized spacial score (nSPS) is 11.3. The Bertz CT molecular complexity index is 672. The maximum Gasteiger partial charge on any atom is 0.305 e. The first-order valence-electron chi connectivity index (χ1n) is 8.01. The number of carbonyl (C=O) groups is 3. The van der Waals surface area contributed by atoms with Crippen LogP contribution in [-0.4, -0.2) is 48.0 Å². The first-order chi connectivity index (χ1) is 12.3. The molecule has 0 spiro atoms. The van der Waals surface area contributed by atoms with E-state index in [4.69, 9.17) is 22.3 Å². The number of carboxylic acid groups (broad SMARTS) is 1. The topological polar surface area (TPSA) is 186 Å². The minimum absolute atomic E-state index is 0.0125. The number of guanidine groups is 1. The molecule has 0 aliphatic heterocycles. The van der Waals surface area contributed by atoms with Crippen molar-refractivity contribution in [3.05, 3.63) is 29.8 Å². The highest BCUT2D eigenvalue weighted by atomic mass is 16.4. The number of aliphatic imine (C=N–C) groups is 1. The van der Waals surface area contributed by atoms with Crippen molar-refractivity contribution in [1.29, 1.82) is 0 Å². The second-order valence-electron chi connectivity index (χ2n) is 5.53. The van der Waals surface area contributed by atoms with Crippen LogP contribution in [0.15, 0.2) is 29.3 Å². The lowest BCUT2D eigenvalue weighted by atomic mass is 10.1. The van der Waals surface area contributed by atoms with E-state index >= 15 is 0 Å². The number of rotatable bonds is 10. The minimum Gasteiger partial charge on any atom is -0.481 e. The maximum absolute atomic E-state index is 12.1. The Hall–Kier alpha value is -3.14. The van der Waals surface area contributed by atoms with Crippen LogP contribution in [0.1, 0.15) is 29.6 Å². The Morgan fingerprint density at radius 2 is 1.96 bits per heavy atom. The number of carboxylic acids is 1. The van der Waals surface area contributed by atoms with E-state index < -0.39 is 23.8 Å². The molecule has 1 rings (SSSR count). The van der Waals surface area contributed by atoms with Gasteiger partial charge in [0, 0.05) is 24.3 Å². The van der Waals surface area contributed by atoms with Gasteiger partial charge in [0.1, 0.15) is 0 Å². The van der Waals surface area contributed by atoms with Crippen LogP contribution >= 0.6 is 0 Å². The molecule has 0 radical (unpaired) electrons. The molecule has 0 unspecified atom stereocenters. The predicted molar refractivity (Wildman–Crippen MR) is 97.5 cm³/mol. The van der Waals surface area contributed by atoms with Gasteiger partial charge in [-0.15, -0.1) is 0 Å². The van der Waals surface area contributed by atoms with Crippen LogP contribution in [0.25, 0.3) is 0 Å². The van der Waals surface area contributed by atoms with Gasteiger partial charge in [0.15, 0.2) is 5.96 Å². The Morgan fingerprint density at radius 1 is 1.23 bits per heavy atom. The lowest BCUT2D eigenvalue weighted by molar-refractivity contribution is -0.136. The molecule has 9 N–H and O–H groups in total. The number of amides is 2. The van der Waals surface area contributed by atoms with Crippen molar-refractivity contribution in [2.75, 3.05) is 18.4 Å². The zero-order chi connectivity index (χ0) is 19.5. The van der Waals surface area contributed by atoms with E-state index in [9.17, 15) is 14.4 Å². The van der Waals surface area contributed by atoms with E-state index in [1.165, 1.54) is 6.07 Å². The molecule has 0 fully saturated rings. The molecule has 0 aliphatic rings. The smallest absolute Gasteiger partial charge is 0.305 e. The number of nitrogens with one attached hydrogen (secondary N) is 2. The molecular formula is C16H24N6O4. The van der Waals surface area contributed by atoms with Gasteiger partial charge in [-0.05, 0) is 31.0 Å². The van der Waals surface area contributed by atoms with Crippen molar-refractivity contribution in [3.8, 4) is 0 Å². The van der Waals surface area contributed by atoms with Gasteiger partial charge in [0.25, 0.3) is 5.91 Å². The molecule has 0 saturated heterocycles. The van der Waals surface area contributed by atoms with Crippen LogP contribution in [0, 0.1) is 0 Å². The van der Waals surface area contributed by atoms with Crippen molar-refractivity contribution in [2.24, 2.45) is 22.2 Å². The van der Waals surface area contributed by atoms with E-state index in [-0.39, 0.29) is 18.9 Å². The standard InChI is InChI=1S/C16H24N6O4/c17-12(5-2-7-21-16(18)19)15(26)22-11-4-1-3-10(9-11)14(25)20-8-6-13(23)24/h1,3-4,9,12H,2,5-8,17H2,(H,20,25)(H,22,26)(H,23,24)(H4,18,19,21)/t12-/m0/s1. The van der Waals surface area contributed by atoms with Crippen molar-refractivity contribution >= 4 is 29.4 Å². The summed E-state index contributed by atoms with van der Waals surface area (Å²) in [5.41, 5.74) is 17.0. The largest absolute Gasteiger partial charge is 0.481 e. The Balaban J connectivity index is 2.53. The lowest BCUT2D eigenvalue weighted by Gasteiger charge is -2.12. The summed E-state index contributed by atoms with van der Waals surface area (Å²) >= 11 is 0. The highest BCUT2D eigenvalue weighted by Crippen LogP contribution is 2.11. The Kier molecular flexibility index (Phi) is 8.58. The number of nitrogens with two attached hydrogens (primary N) is 3. The van der Waals surface area contributed by atoms with E-state index in [0.717, 1.165) is 0 Å². The molecule has 0 aromatic heterocycles. The molecular weight excluding hydrogens is 340 g/mol. The van der Waals surface area contributed by atoms with Gasteiger partial charge < -0.3 is 32.9 Å². The number of hydrogen-bond donors (Lipinski definition) is 6. The van der Waals surface area contributed by atoms with Crippen LogP contribution in [0.2, 0.25) is 0 Å². The second kappa shape index (κ2) is 10.7. The summed E-state index contributed by atoms with van der Waals surface area (Å²) in [4.78, 5) is 38.3. The molecule has 0 heterocycles. The fraction of sp³-hybridized carbons (Fsp3) is 0.375. The number of nitrogens with zero attached hydrogens (tertiary/aromatic N) is 1. The number of aliphatic carboxylic acids is 1. The summed E-state index contributed by atoms with van der Waals surface area (Å²) < 4.78 is 0. The van der Waals surface area contributed by atoms with E-state index in [1.54, 1.807) is 18.2 Å². The highest BCUT2D eigenvalue weighted by molar-refractivity contribution is 5.98. The third kappa shape index (κ3) is 8.11. The molecule has 10 nitrogen and oxygen atoms in total. The lowest BCUT2D eigenvalue weighted by Crippen LogP contribution is -2.35. The predicted octanol–water partition coefficient (Wildman–Crippen LogP) is -0.789. The van der Waals surface area contributed by atoms with Crippen LogP contribution in [-0.2, 0) is 9.59 Å². The van der Waals surface area contributed by atoms with Gasteiger partial charge in [-0.25, -0.2) is 0 Å². The van der Waals surface area contributed by atoms with Crippen LogP contribution in [0.4, 0.5) is 5.69 Å². The van der Waals surface area contributed by atoms with Crippen LogP contribution in [0.5, 0.6) is 0 Å². The average Bonchev–Trinajstić information content (AvgIpc) is 2.58. The number of anilines is 1. The number of carbonyl (C=O) groups excluding carboxylic acids is 2. The fourth-order valence-corrected chi connectivity index (χ4v) is 2.01. The molecule has 1 aromatic carbocycles. The van der Waals surface area contributed by atoms with Crippen molar-refractivity contribution in [1.82, 2.24) is 5.32 Å². The molecule has 1 aromatic rings. The van der Waals surface area contributed by atoms with E-state index in [2.05, 4.69) is 15.6 Å². The molecule has 0 aliphatic carbocycles. The molecule has 1 atom stereocenters. The maximum atomic E-state index is 12.1. The summed E-state index contributed by atoms with van der Waals surface area (Å²) in [6, 6.07) is 5.53. The highest BCUT2D eigenvalue weighted by Gasteiger charge is 2.14. The zero-order valence-electron chi connectivity index (χ0n) is 14.3. The summed E-state index contributed by atoms with van der Waals surface area (Å²) in [7, 11) is 0. The molecule has 2 amide bonds. The van der Waals surface area contributed by atoms with Crippen molar-refractivity contribution in [3.63, 3.8) is 0 Å². The zero-order valence-corrected chi connectivity index (χ0v) is 14.3. The molecule has 142 valence electrons. The summed E-state index contributed by atoms with van der Waals surface area (Å²) in [6.45, 7) is 0.404. The quantitative estimate of drug-likeness (QED) is 0.178. The summed E-state index contributed by atoms with van der Waals surface area (Å²) in [5, 5.41) is 13.7. The minimum atomic E-state index is -1.000. The first kappa shape index (κ1) is 20.9. The second-order valence-corrected chi connectivity index (χ2v) is 5.53. The van der Waals surface area contributed by atoms with Gasteiger partial charge in [-0.2, -0.15) is 0 Å². The van der Waals surface area contributed by atoms with E-state index in [1.807, 2.05) is 0 Å². The third-order valence-electron chi connectivity index (χ3n) is 3.32. The van der Waals surface area contributed by atoms with Crippen molar-refractivity contribution in [2.45, 2.75) is 25.3 Å². The Labute approximate surface area is 150 Å². The van der Waals surface area contributed by atoms with Gasteiger partial charge in [-0.1, -0.05) is 6.07 Å². The monoisotopic (exact) mass is 364 g/mol. The molecule has 0 saturated carbocycles. The molecule has 26 heavy (non-hydrogen) atoms. The molecule has 0 bridgehead atoms. The van der Waals surface area contributed by atoms with Gasteiger partial charge in [0.2, 0.25) is 5.91 Å². The van der Waals surface area contributed by atoms with Gasteiger partial charge in [0.05, 0.1) is 12.5 Å². The fourth-order valence-electron chi connectivity index (χ4n) is 2.01. The summed E-state index contributed by atoms with van der Waals surface area (Å²) in [6.07, 6.45) is 0.785. The number of benzene rings is 1. The van der Waals surface area contributed by atoms with Crippen LogP contribution in [0.3, 0.4) is 0 Å². The number of hydrogen-bond acceptors (Lipinski definition) is 5. The average molecular weight is 364 g/mol. The van der Waals surface area contributed by atoms with E-state index in [0.29, 0.717) is 30.6 Å². The molecule has 10 heteroatoms. The van der Waals surface area contributed by atoms with Crippen molar-refractivity contribution < 1.29 is 19.5 Å². The van der Waals surface area contributed by atoms with Crippen LogP contribution < -0.4 is 27.8 Å². The Morgan fingerprint density at radius 3 is 2.62 bits per heavy atom. The SMILES string of the molecule is NC(N)=NCCC[C@H](N)C(=O)Nc1cccc(C(=O)NCCC(=O)O)c1. The van der Waals surface area contributed by atoms with Gasteiger partial charge in [-0.3, -0.25) is 19.4 Å². The first-order valence-corrected chi connectivity index (χ1v) is 8.01. The van der Waals surface area contributed by atoms with Gasteiger partial charge >= 0.3 is 5.97 Å². The third-order valence-corrected chi connectivity index (χ3v) is 3.32.